The van der Waals surface area contributed by atoms with Gasteiger partial charge in [-0.2, -0.15) is 0 Å². The molecule has 1 atom stereocenters. The van der Waals surface area contributed by atoms with Gasteiger partial charge in [-0.25, -0.2) is 0 Å². The number of ether oxygens (including phenoxy) is 1. The third kappa shape index (κ3) is 5.39. The van der Waals surface area contributed by atoms with E-state index in [9.17, 15) is 9.59 Å². The zero-order valence-corrected chi connectivity index (χ0v) is 17.8. The first-order valence-electron chi connectivity index (χ1n) is 11.1. The predicted molar refractivity (Wildman–Crippen MR) is 123 cm³/mol. The van der Waals surface area contributed by atoms with Crippen LogP contribution in [0.4, 0.5) is 0 Å². The number of esters is 1. The minimum Gasteiger partial charge on any atom is -0.427 e. The smallest absolute Gasteiger partial charge is 0.311 e. The molecule has 0 heterocycles. The zero-order valence-electron chi connectivity index (χ0n) is 17.8. The first-order valence-corrected chi connectivity index (χ1v) is 11.1. The van der Waals surface area contributed by atoms with Crippen LogP contribution in [0, 0.1) is 5.92 Å². The lowest BCUT2D eigenvalue weighted by Crippen LogP contribution is -2.23. The van der Waals surface area contributed by atoms with Crippen molar-refractivity contribution in [2.24, 2.45) is 11.7 Å². The van der Waals surface area contributed by atoms with Crippen molar-refractivity contribution in [1.29, 1.82) is 0 Å². The van der Waals surface area contributed by atoms with Crippen molar-refractivity contribution in [3.8, 4) is 5.75 Å². The van der Waals surface area contributed by atoms with Gasteiger partial charge in [-0.05, 0) is 52.8 Å². The summed E-state index contributed by atoms with van der Waals surface area (Å²) in [5.74, 6) is 0.506. The van der Waals surface area contributed by atoms with E-state index in [2.05, 4.69) is 18.2 Å². The summed E-state index contributed by atoms with van der Waals surface area (Å²) in [5, 5.41) is 2.29. The van der Waals surface area contributed by atoms with Gasteiger partial charge in [0.1, 0.15) is 11.5 Å². The number of rotatable bonds is 8. The second kappa shape index (κ2) is 9.88. The van der Waals surface area contributed by atoms with Crippen molar-refractivity contribution in [2.75, 3.05) is 6.54 Å². The van der Waals surface area contributed by atoms with Crippen LogP contribution in [0.3, 0.4) is 0 Å². The molecule has 0 saturated heterocycles. The molecule has 0 aromatic heterocycles. The summed E-state index contributed by atoms with van der Waals surface area (Å²) >= 11 is 0. The highest BCUT2D eigenvalue weighted by Gasteiger charge is 2.21. The van der Waals surface area contributed by atoms with Crippen molar-refractivity contribution in [3.05, 3.63) is 77.9 Å². The van der Waals surface area contributed by atoms with Crippen LogP contribution in [0.2, 0.25) is 0 Å². The van der Waals surface area contributed by atoms with E-state index >= 15 is 0 Å². The monoisotopic (exact) mass is 415 g/mol. The molecule has 4 heteroatoms. The molecule has 1 aliphatic carbocycles. The van der Waals surface area contributed by atoms with Crippen LogP contribution < -0.4 is 10.5 Å². The van der Waals surface area contributed by atoms with E-state index in [1.54, 1.807) is 12.1 Å². The third-order valence-electron chi connectivity index (χ3n) is 6.26. The molecule has 160 valence electrons. The topological polar surface area (TPSA) is 69.4 Å². The summed E-state index contributed by atoms with van der Waals surface area (Å²) < 4.78 is 5.49. The standard InChI is InChI=1S/C27H29NO3/c28-18-25(26(29)16-20-9-10-21-7-3-4-8-23(21)15-20)22-11-13-24(14-12-22)31-27(30)17-19-5-1-2-6-19/h3-4,7-15,19,25H,1-2,5-6,16-18,28H2. The molecule has 4 nitrogen and oxygen atoms in total. The molecule has 4 rings (SSSR count). The van der Waals surface area contributed by atoms with Gasteiger partial charge in [0.25, 0.3) is 0 Å². The second-order valence-corrected chi connectivity index (χ2v) is 8.51. The van der Waals surface area contributed by atoms with Crippen LogP contribution in [-0.4, -0.2) is 18.3 Å². The quantitative estimate of drug-likeness (QED) is 0.407. The summed E-state index contributed by atoms with van der Waals surface area (Å²) in [6, 6.07) is 21.4. The number of carbonyl (C=O) groups excluding carboxylic acids is 2. The molecule has 1 unspecified atom stereocenters. The number of nitrogens with two attached hydrogens (primary N) is 1. The Bertz CT molecular complexity index is 1050. The van der Waals surface area contributed by atoms with Crippen molar-refractivity contribution >= 4 is 22.5 Å². The van der Waals surface area contributed by atoms with Crippen LogP contribution in [0.25, 0.3) is 10.8 Å². The number of ketones is 1. The fourth-order valence-electron chi connectivity index (χ4n) is 4.52. The lowest BCUT2D eigenvalue weighted by Gasteiger charge is -2.15. The Morgan fingerprint density at radius 1 is 0.935 bits per heavy atom. The lowest BCUT2D eigenvalue weighted by atomic mass is 9.90. The van der Waals surface area contributed by atoms with Crippen LogP contribution in [-0.2, 0) is 16.0 Å². The maximum absolute atomic E-state index is 13.0. The molecule has 0 spiro atoms. The van der Waals surface area contributed by atoms with Gasteiger partial charge >= 0.3 is 5.97 Å². The molecule has 3 aromatic carbocycles. The Kier molecular flexibility index (Phi) is 6.78. The summed E-state index contributed by atoms with van der Waals surface area (Å²) in [7, 11) is 0. The predicted octanol–water partition coefficient (Wildman–Crippen LogP) is 5.18. The number of Topliss-reactive ketones (excluding diaryl/α,β-unsaturated/α-hetero) is 1. The van der Waals surface area contributed by atoms with Gasteiger partial charge in [0.05, 0.1) is 5.92 Å². The zero-order chi connectivity index (χ0) is 21.6. The van der Waals surface area contributed by atoms with Gasteiger partial charge < -0.3 is 10.5 Å². The highest BCUT2D eigenvalue weighted by atomic mass is 16.5. The first kappa shape index (κ1) is 21.3. The minimum atomic E-state index is -0.380. The van der Waals surface area contributed by atoms with E-state index < -0.39 is 0 Å². The Labute approximate surface area is 183 Å². The second-order valence-electron chi connectivity index (χ2n) is 8.51. The molecule has 31 heavy (non-hydrogen) atoms. The Hall–Kier alpha value is -2.98. The molecular weight excluding hydrogens is 386 g/mol. The summed E-state index contributed by atoms with van der Waals surface area (Å²) in [6.07, 6.45) is 5.47. The van der Waals surface area contributed by atoms with Crippen molar-refractivity contribution in [1.82, 2.24) is 0 Å². The largest absolute Gasteiger partial charge is 0.427 e. The molecule has 1 fully saturated rings. The van der Waals surface area contributed by atoms with E-state index in [0.717, 1.165) is 34.7 Å². The third-order valence-corrected chi connectivity index (χ3v) is 6.26. The average molecular weight is 416 g/mol. The Balaban J connectivity index is 1.39. The van der Waals surface area contributed by atoms with Gasteiger partial charge in [0.15, 0.2) is 0 Å². The SMILES string of the molecule is NCC(C(=O)Cc1ccc2ccccc2c1)c1ccc(OC(=O)CC2CCCC2)cc1. The molecule has 1 aliphatic rings. The molecule has 0 aliphatic heterocycles. The van der Waals surface area contributed by atoms with Crippen LogP contribution in [0.1, 0.15) is 49.1 Å². The van der Waals surface area contributed by atoms with Crippen LogP contribution >= 0.6 is 0 Å². The number of carbonyl (C=O) groups is 2. The molecular formula is C27H29NO3. The lowest BCUT2D eigenvalue weighted by molar-refractivity contribution is -0.135. The van der Waals surface area contributed by atoms with Crippen molar-refractivity contribution in [3.63, 3.8) is 0 Å². The van der Waals surface area contributed by atoms with Gasteiger partial charge in [0, 0.05) is 19.4 Å². The normalized spacial score (nSPS) is 15.1. The molecule has 2 N–H and O–H groups in total. The average Bonchev–Trinajstić information content (AvgIpc) is 3.28. The fourth-order valence-corrected chi connectivity index (χ4v) is 4.52. The maximum Gasteiger partial charge on any atom is 0.311 e. The number of benzene rings is 3. The van der Waals surface area contributed by atoms with Crippen molar-refractivity contribution in [2.45, 2.75) is 44.4 Å². The fraction of sp³-hybridized carbons (Fsp3) is 0.333. The van der Waals surface area contributed by atoms with Crippen LogP contribution in [0.15, 0.2) is 66.7 Å². The summed E-state index contributed by atoms with van der Waals surface area (Å²) in [4.78, 5) is 25.1. The van der Waals surface area contributed by atoms with E-state index in [4.69, 9.17) is 10.5 Å². The maximum atomic E-state index is 13.0. The first-order chi connectivity index (χ1) is 15.1. The van der Waals surface area contributed by atoms with Crippen molar-refractivity contribution < 1.29 is 14.3 Å². The molecule has 0 amide bonds. The number of hydrogen-bond donors (Lipinski definition) is 1. The molecule has 1 saturated carbocycles. The Morgan fingerprint density at radius 2 is 1.65 bits per heavy atom. The van der Waals surface area contributed by atoms with Gasteiger partial charge in [-0.1, -0.05) is 67.4 Å². The number of hydrogen-bond acceptors (Lipinski definition) is 4. The minimum absolute atomic E-state index is 0.0868. The Morgan fingerprint density at radius 3 is 2.35 bits per heavy atom. The van der Waals surface area contributed by atoms with E-state index in [-0.39, 0.29) is 24.2 Å². The highest BCUT2D eigenvalue weighted by Crippen LogP contribution is 2.28. The molecule has 0 bridgehead atoms. The van der Waals surface area contributed by atoms with E-state index in [0.29, 0.717) is 24.5 Å². The van der Waals surface area contributed by atoms with Crippen LogP contribution in [0.5, 0.6) is 5.75 Å². The van der Waals surface area contributed by atoms with Gasteiger partial charge in [0.2, 0.25) is 0 Å². The van der Waals surface area contributed by atoms with E-state index in [1.807, 2.05) is 36.4 Å². The molecule has 0 radical (unpaired) electrons. The van der Waals surface area contributed by atoms with Gasteiger partial charge in [-0.3, -0.25) is 9.59 Å². The van der Waals surface area contributed by atoms with E-state index in [1.165, 1.54) is 12.8 Å². The highest BCUT2D eigenvalue weighted by molar-refractivity contribution is 5.90. The summed E-state index contributed by atoms with van der Waals surface area (Å²) in [6.45, 7) is 0.243. The molecule has 3 aromatic rings. The summed E-state index contributed by atoms with van der Waals surface area (Å²) in [5.41, 5.74) is 7.79. The number of fused-ring (bicyclic) bond motifs is 1. The van der Waals surface area contributed by atoms with Gasteiger partial charge in [-0.15, -0.1) is 0 Å².